The van der Waals surface area contributed by atoms with Gasteiger partial charge < -0.3 is 5.11 Å². The number of carboxylic acid groups (broad SMARTS) is 1. The van der Waals surface area contributed by atoms with E-state index in [-0.39, 0.29) is 0 Å². The predicted molar refractivity (Wildman–Crippen MR) is 95.1 cm³/mol. The summed E-state index contributed by atoms with van der Waals surface area (Å²) in [5.41, 5.74) is 2.07. The lowest BCUT2D eigenvalue weighted by Gasteiger charge is -2.37. The Bertz CT molecular complexity index is 668. The number of carboxylic acids is 1. The molecule has 1 N–H and O–H groups in total. The zero-order chi connectivity index (χ0) is 16.9. The highest BCUT2D eigenvalue weighted by atomic mass is 35.5. The molecule has 0 radical (unpaired) electrons. The van der Waals surface area contributed by atoms with Crippen molar-refractivity contribution in [2.24, 2.45) is 0 Å². The van der Waals surface area contributed by atoms with Crippen LogP contribution in [0.3, 0.4) is 0 Å². The monoisotopic (exact) mass is 344 g/mol. The Labute approximate surface area is 147 Å². The summed E-state index contributed by atoms with van der Waals surface area (Å²) in [6.07, 6.45) is 0. The van der Waals surface area contributed by atoms with Crippen molar-refractivity contribution in [2.75, 3.05) is 26.2 Å². The first-order valence-corrected chi connectivity index (χ1v) is 8.50. The molecule has 1 aliphatic rings. The molecular formula is C19H21ClN2O2. The van der Waals surface area contributed by atoms with E-state index in [1.54, 1.807) is 0 Å². The van der Waals surface area contributed by atoms with Crippen LogP contribution in [-0.4, -0.2) is 47.1 Å². The van der Waals surface area contributed by atoms with Crippen molar-refractivity contribution in [2.45, 2.75) is 12.6 Å². The van der Waals surface area contributed by atoms with Crippen LogP contribution >= 0.6 is 11.6 Å². The zero-order valence-electron chi connectivity index (χ0n) is 13.4. The van der Waals surface area contributed by atoms with Crippen LogP contribution in [-0.2, 0) is 11.3 Å². The lowest BCUT2D eigenvalue weighted by atomic mass is 10.0. The average molecular weight is 345 g/mol. The third-order valence-corrected chi connectivity index (χ3v) is 4.69. The average Bonchev–Trinajstić information content (AvgIpc) is 2.59. The zero-order valence-corrected chi connectivity index (χ0v) is 14.2. The van der Waals surface area contributed by atoms with Gasteiger partial charge in [0.1, 0.15) is 6.04 Å². The van der Waals surface area contributed by atoms with E-state index in [2.05, 4.69) is 9.80 Å². The molecule has 24 heavy (non-hydrogen) atoms. The van der Waals surface area contributed by atoms with Crippen molar-refractivity contribution in [3.05, 3.63) is 70.7 Å². The van der Waals surface area contributed by atoms with Gasteiger partial charge >= 0.3 is 5.97 Å². The molecule has 0 bridgehead atoms. The molecule has 1 fully saturated rings. The van der Waals surface area contributed by atoms with Gasteiger partial charge in [-0.1, -0.05) is 54.1 Å². The van der Waals surface area contributed by atoms with Crippen molar-refractivity contribution >= 4 is 17.6 Å². The summed E-state index contributed by atoms with van der Waals surface area (Å²) >= 11 is 5.92. The van der Waals surface area contributed by atoms with Gasteiger partial charge in [-0.15, -0.1) is 0 Å². The standard InChI is InChI=1S/C19H21ClN2O2/c20-17-8-6-15(7-9-17)14-21-10-12-22(13-11-21)18(19(23)24)16-4-2-1-3-5-16/h1-9,18H,10-14H2,(H,23,24)/t18-/m1/s1. The van der Waals surface area contributed by atoms with Crippen molar-refractivity contribution in [3.63, 3.8) is 0 Å². The molecule has 0 aliphatic carbocycles. The van der Waals surface area contributed by atoms with E-state index in [1.807, 2.05) is 54.6 Å². The molecular weight excluding hydrogens is 324 g/mol. The van der Waals surface area contributed by atoms with Gasteiger partial charge in [0, 0.05) is 37.7 Å². The summed E-state index contributed by atoms with van der Waals surface area (Å²) in [4.78, 5) is 16.1. The molecule has 0 unspecified atom stereocenters. The minimum absolute atomic E-state index is 0.566. The highest BCUT2D eigenvalue weighted by Crippen LogP contribution is 2.23. The number of hydrogen-bond acceptors (Lipinski definition) is 3. The Morgan fingerprint density at radius 3 is 2.21 bits per heavy atom. The Morgan fingerprint density at radius 2 is 1.62 bits per heavy atom. The van der Waals surface area contributed by atoms with Gasteiger partial charge in [-0.25, -0.2) is 0 Å². The third-order valence-electron chi connectivity index (χ3n) is 4.44. The minimum Gasteiger partial charge on any atom is -0.480 e. The maximum Gasteiger partial charge on any atom is 0.325 e. The van der Waals surface area contributed by atoms with Crippen LogP contribution in [0.1, 0.15) is 17.2 Å². The largest absolute Gasteiger partial charge is 0.480 e. The maximum atomic E-state index is 11.7. The number of nitrogens with zero attached hydrogens (tertiary/aromatic N) is 2. The number of hydrogen-bond donors (Lipinski definition) is 1. The first kappa shape index (κ1) is 17.0. The molecule has 0 spiro atoms. The number of piperazine rings is 1. The molecule has 0 saturated carbocycles. The molecule has 1 atom stereocenters. The van der Waals surface area contributed by atoms with Gasteiger partial charge in [-0.05, 0) is 23.3 Å². The molecule has 0 amide bonds. The molecule has 0 aromatic heterocycles. The van der Waals surface area contributed by atoms with Crippen LogP contribution < -0.4 is 0 Å². The van der Waals surface area contributed by atoms with Gasteiger partial charge in [0.25, 0.3) is 0 Å². The van der Waals surface area contributed by atoms with Crippen LogP contribution in [0.15, 0.2) is 54.6 Å². The molecule has 5 heteroatoms. The normalized spacial score (nSPS) is 17.5. The predicted octanol–water partition coefficient (Wildman–Crippen LogP) is 3.28. The van der Waals surface area contributed by atoms with E-state index in [4.69, 9.17) is 11.6 Å². The van der Waals surface area contributed by atoms with Crippen molar-refractivity contribution in [3.8, 4) is 0 Å². The fraction of sp³-hybridized carbons (Fsp3) is 0.316. The Hall–Kier alpha value is -1.88. The number of aliphatic carboxylic acids is 1. The number of rotatable bonds is 5. The van der Waals surface area contributed by atoms with E-state index >= 15 is 0 Å². The third kappa shape index (κ3) is 4.15. The first-order valence-electron chi connectivity index (χ1n) is 8.12. The quantitative estimate of drug-likeness (QED) is 0.904. The van der Waals surface area contributed by atoms with Gasteiger partial charge in [0.2, 0.25) is 0 Å². The van der Waals surface area contributed by atoms with Gasteiger partial charge in [-0.3, -0.25) is 14.6 Å². The summed E-state index contributed by atoms with van der Waals surface area (Å²) in [6.45, 7) is 4.09. The summed E-state index contributed by atoms with van der Waals surface area (Å²) < 4.78 is 0. The van der Waals surface area contributed by atoms with Crippen LogP contribution in [0, 0.1) is 0 Å². The number of carbonyl (C=O) groups is 1. The second kappa shape index (κ2) is 7.79. The molecule has 1 heterocycles. The van der Waals surface area contributed by atoms with E-state index in [9.17, 15) is 9.90 Å². The van der Waals surface area contributed by atoms with Gasteiger partial charge in [0.15, 0.2) is 0 Å². The summed E-state index contributed by atoms with van der Waals surface area (Å²) in [5, 5.41) is 10.4. The van der Waals surface area contributed by atoms with Crippen molar-refractivity contribution in [1.82, 2.24) is 9.80 Å². The van der Waals surface area contributed by atoms with Crippen LogP contribution in [0.4, 0.5) is 0 Å². The lowest BCUT2D eigenvalue weighted by molar-refractivity contribution is -0.144. The summed E-state index contributed by atoms with van der Waals surface area (Å²) in [6, 6.07) is 16.8. The molecule has 3 rings (SSSR count). The first-order chi connectivity index (χ1) is 11.6. The van der Waals surface area contributed by atoms with E-state index in [0.717, 1.165) is 43.3 Å². The van der Waals surface area contributed by atoms with Crippen LogP contribution in [0.2, 0.25) is 5.02 Å². The Kier molecular flexibility index (Phi) is 5.51. The molecule has 4 nitrogen and oxygen atoms in total. The highest BCUT2D eigenvalue weighted by molar-refractivity contribution is 6.30. The van der Waals surface area contributed by atoms with E-state index in [0.29, 0.717) is 0 Å². The molecule has 1 saturated heterocycles. The van der Waals surface area contributed by atoms with E-state index in [1.165, 1.54) is 5.56 Å². The highest BCUT2D eigenvalue weighted by Gasteiger charge is 2.30. The Balaban J connectivity index is 1.61. The van der Waals surface area contributed by atoms with Gasteiger partial charge in [-0.2, -0.15) is 0 Å². The Morgan fingerprint density at radius 1 is 1.00 bits per heavy atom. The van der Waals surface area contributed by atoms with Gasteiger partial charge in [0.05, 0.1) is 0 Å². The number of benzene rings is 2. The second-order valence-electron chi connectivity index (χ2n) is 6.09. The summed E-state index contributed by atoms with van der Waals surface area (Å²) in [7, 11) is 0. The summed E-state index contributed by atoms with van der Waals surface area (Å²) in [5.74, 6) is -0.785. The van der Waals surface area contributed by atoms with Crippen LogP contribution in [0.5, 0.6) is 0 Å². The molecule has 2 aromatic carbocycles. The molecule has 1 aliphatic heterocycles. The number of halogens is 1. The molecule has 2 aromatic rings. The fourth-order valence-electron chi connectivity index (χ4n) is 3.17. The van der Waals surface area contributed by atoms with E-state index < -0.39 is 12.0 Å². The SMILES string of the molecule is O=C(O)[C@@H](c1ccccc1)N1CCN(Cc2ccc(Cl)cc2)CC1. The van der Waals surface area contributed by atoms with Crippen LogP contribution in [0.25, 0.3) is 0 Å². The van der Waals surface area contributed by atoms with Crippen molar-refractivity contribution in [1.29, 1.82) is 0 Å². The lowest BCUT2D eigenvalue weighted by Crippen LogP contribution is -2.48. The fourth-order valence-corrected chi connectivity index (χ4v) is 3.30. The topological polar surface area (TPSA) is 43.8 Å². The maximum absolute atomic E-state index is 11.7. The van der Waals surface area contributed by atoms with Crippen molar-refractivity contribution < 1.29 is 9.90 Å². The molecule has 126 valence electrons. The minimum atomic E-state index is -0.785. The second-order valence-corrected chi connectivity index (χ2v) is 6.53. The smallest absolute Gasteiger partial charge is 0.325 e.